The van der Waals surface area contributed by atoms with Crippen molar-refractivity contribution in [3.05, 3.63) is 41.7 Å². The van der Waals surface area contributed by atoms with Gasteiger partial charge in [0.15, 0.2) is 5.82 Å². The normalized spacial score (nSPS) is 11.0. The van der Waals surface area contributed by atoms with E-state index in [0.717, 1.165) is 18.0 Å². The van der Waals surface area contributed by atoms with Crippen LogP contribution in [0, 0.1) is 6.92 Å². The third kappa shape index (κ3) is 7.71. The minimum Gasteiger partial charge on any atom is -0.360 e. The number of carbonyl (C=O) groups is 2. The summed E-state index contributed by atoms with van der Waals surface area (Å²) >= 11 is 1.15. The van der Waals surface area contributed by atoms with Gasteiger partial charge in [0.2, 0.25) is 21.8 Å². The highest BCUT2D eigenvalue weighted by Gasteiger charge is 2.10. The van der Waals surface area contributed by atoms with Crippen LogP contribution in [-0.4, -0.2) is 43.2 Å². The van der Waals surface area contributed by atoms with E-state index in [1.165, 1.54) is 0 Å². The molecule has 9 nitrogen and oxygen atoms in total. The Bertz CT molecular complexity index is 911. The van der Waals surface area contributed by atoms with Crippen LogP contribution < -0.4 is 15.4 Å². The zero-order valence-corrected chi connectivity index (χ0v) is 16.4. The number of para-hydroxylation sites is 1. The first-order valence-corrected chi connectivity index (χ1v) is 10.9. The van der Waals surface area contributed by atoms with Gasteiger partial charge in [-0.3, -0.25) is 14.3 Å². The average Bonchev–Trinajstić information content (AvgIpc) is 2.97. The van der Waals surface area contributed by atoms with Crippen molar-refractivity contribution < 1.29 is 22.5 Å². The fraction of sp³-hybridized carbons (Fsp3) is 0.312. The second-order valence-corrected chi connectivity index (χ2v) is 8.41. The van der Waals surface area contributed by atoms with Gasteiger partial charge in [-0.05, 0) is 18.6 Å². The molecule has 2 rings (SSSR count). The molecule has 0 fully saturated rings. The maximum atomic E-state index is 11.9. The summed E-state index contributed by atoms with van der Waals surface area (Å²) in [4.78, 5) is 23.7. The quantitative estimate of drug-likeness (QED) is 0.566. The number of carbonyl (C=O) groups excluding carboxylic acids is 2. The molecular weight excluding hydrogens is 392 g/mol. The molecule has 0 radical (unpaired) electrons. The van der Waals surface area contributed by atoms with Gasteiger partial charge >= 0.3 is 0 Å². The van der Waals surface area contributed by atoms with Crippen molar-refractivity contribution in [2.75, 3.05) is 27.8 Å². The molecule has 0 unspecified atom stereocenters. The molecule has 146 valence electrons. The number of nitrogens with one attached hydrogen (secondary N) is 3. The smallest absolute Gasteiger partial charge is 0.235 e. The van der Waals surface area contributed by atoms with E-state index in [9.17, 15) is 18.0 Å². The molecule has 0 aliphatic rings. The summed E-state index contributed by atoms with van der Waals surface area (Å²) in [6.07, 6.45) is 1.06. The molecule has 2 amide bonds. The maximum absolute atomic E-state index is 11.9. The summed E-state index contributed by atoms with van der Waals surface area (Å²) in [6.45, 7) is 1.88. The molecule has 1 aromatic carbocycles. The van der Waals surface area contributed by atoms with Gasteiger partial charge in [0.1, 0.15) is 5.76 Å². The van der Waals surface area contributed by atoms with Crippen LogP contribution in [0.15, 0.2) is 34.9 Å². The lowest BCUT2D eigenvalue weighted by Gasteiger charge is -2.11. The summed E-state index contributed by atoms with van der Waals surface area (Å²) in [5.74, 6) is 0.543. The number of nitrogens with zero attached hydrogens (tertiary/aromatic N) is 1. The summed E-state index contributed by atoms with van der Waals surface area (Å²) in [5.41, 5.74) is 1.05. The molecule has 0 aliphatic heterocycles. The Hall–Kier alpha value is -2.53. The van der Waals surface area contributed by atoms with E-state index in [1.54, 1.807) is 37.3 Å². The number of hydrogen-bond acceptors (Lipinski definition) is 7. The Morgan fingerprint density at radius 2 is 1.89 bits per heavy atom. The molecular formula is C16H20N4O5S2. The van der Waals surface area contributed by atoms with Crippen molar-refractivity contribution in [1.29, 1.82) is 0 Å². The van der Waals surface area contributed by atoms with Crippen molar-refractivity contribution >= 4 is 45.1 Å². The molecule has 0 atom stereocenters. The first-order chi connectivity index (χ1) is 12.7. The third-order valence-corrected chi connectivity index (χ3v) is 4.67. The first-order valence-electron chi connectivity index (χ1n) is 7.86. The van der Waals surface area contributed by atoms with Gasteiger partial charge in [-0.15, -0.1) is 11.8 Å². The number of rotatable bonds is 9. The number of amides is 2. The molecule has 0 saturated carbocycles. The minimum atomic E-state index is -3.41. The largest absolute Gasteiger partial charge is 0.360 e. The molecule has 1 aromatic heterocycles. The van der Waals surface area contributed by atoms with Crippen LogP contribution in [0.5, 0.6) is 0 Å². The highest BCUT2D eigenvalue weighted by molar-refractivity contribution is 8.00. The highest BCUT2D eigenvalue weighted by Crippen LogP contribution is 2.16. The van der Waals surface area contributed by atoms with E-state index < -0.39 is 10.0 Å². The number of anilines is 2. The van der Waals surface area contributed by atoms with E-state index in [0.29, 0.717) is 22.8 Å². The zero-order valence-electron chi connectivity index (χ0n) is 14.8. The Balaban J connectivity index is 1.74. The fourth-order valence-corrected chi connectivity index (χ4v) is 3.30. The predicted octanol–water partition coefficient (Wildman–Crippen LogP) is 1.34. The van der Waals surface area contributed by atoms with E-state index in [4.69, 9.17) is 4.52 Å². The molecule has 11 heteroatoms. The van der Waals surface area contributed by atoms with E-state index >= 15 is 0 Å². The van der Waals surface area contributed by atoms with E-state index in [1.807, 2.05) is 0 Å². The van der Waals surface area contributed by atoms with Gasteiger partial charge in [-0.1, -0.05) is 23.4 Å². The van der Waals surface area contributed by atoms with Crippen LogP contribution in [0.1, 0.15) is 11.3 Å². The number of hydrogen-bond donors (Lipinski definition) is 3. The van der Waals surface area contributed by atoms with Gasteiger partial charge in [0.05, 0.1) is 23.4 Å². The molecule has 3 N–H and O–H groups in total. The second kappa shape index (κ2) is 9.42. The summed E-state index contributed by atoms with van der Waals surface area (Å²) in [6, 6.07) is 8.38. The molecule has 27 heavy (non-hydrogen) atoms. The third-order valence-electron chi connectivity index (χ3n) is 3.15. The van der Waals surface area contributed by atoms with Crippen LogP contribution in [0.3, 0.4) is 0 Å². The monoisotopic (exact) mass is 412 g/mol. The summed E-state index contributed by atoms with van der Waals surface area (Å²) in [5, 5.41) is 8.91. The molecule has 0 spiro atoms. The lowest BCUT2D eigenvalue weighted by Crippen LogP contribution is -2.26. The van der Waals surface area contributed by atoms with E-state index in [-0.39, 0.29) is 29.9 Å². The second-order valence-electron chi connectivity index (χ2n) is 5.67. The Morgan fingerprint density at radius 1 is 1.19 bits per heavy atom. The zero-order chi connectivity index (χ0) is 19.9. The lowest BCUT2D eigenvalue weighted by atomic mass is 10.2. The van der Waals surface area contributed by atoms with Crippen molar-refractivity contribution in [2.24, 2.45) is 0 Å². The molecule has 0 bridgehead atoms. The molecule has 0 saturated heterocycles. The maximum Gasteiger partial charge on any atom is 0.235 e. The Morgan fingerprint density at radius 3 is 2.56 bits per heavy atom. The Kier molecular flexibility index (Phi) is 7.25. The van der Waals surface area contributed by atoms with Gasteiger partial charge < -0.3 is 15.2 Å². The van der Waals surface area contributed by atoms with Crippen LogP contribution in [0.2, 0.25) is 0 Å². The predicted molar refractivity (Wildman–Crippen MR) is 104 cm³/mol. The number of aryl methyl sites for hydroxylation is 1. The number of aromatic nitrogens is 1. The fourth-order valence-electron chi connectivity index (χ4n) is 2.06. The highest BCUT2D eigenvalue weighted by atomic mass is 32.2. The first kappa shape index (κ1) is 20.8. The lowest BCUT2D eigenvalue weighted by molar-refractivity contribution is -0.118. The van der Waals surface area contributed by atoms with Gasteiger partial charge in [-0.25, -0.2) is 8.42 Å². The van der Waals surface area contributed by atoms with Crippen molar-refractivity contribution in [3.63, 3.8) is 0 Å². The Labute approximate surface area is 161 Å². The van der Waals surface area contributed by atoms with Gasteiger partial charge in [0, 0.05) is 12.6 Å². The van der Waals surface area contributed by atoms with Crippen molar-refractivity contribution in [1.82, 2.24) is 10.5 Å². The van der Waals surface area contributed by atoms with E-state index in [2.05, 4.69) is 20.5 Å². The van der Waals surface area contributed by atoms with Crippen LogP contribution in [-0.2, 0) is 26.2 Å². The van der Waals surface area contributed by atoms with Crippen molar-refractivity contribution in [3.8, 4) is 0 Å². The number of sulfonamides is 1. The molecule has 0 aliphatic carbocycles. The summed E-state index contributed by atoms with van der Waals surface area (Å²) < 4.78 is 30.0. The molecule has 2 aromatic rings. The van der Waals surface area contributed by atoms with Crippen LogP contribution >= 0.6 is 11.8 Å². The summed E-state index contributed by atoms with van der Waals surface area (Å²) in [7, 11) is -3.41. The number of benzene rings is 1. The minimum absolute atomic E-state index is 0.0888. The standard InChI is InChI=1S/C16H20N4O5S2/c1-11-7-14(19-25-11)18-16(22)10-26-9-15(21)17-8-12-5-3-4-6-13(12)20-27(2,23)24/h3-7,20H,8-10H2,1-2H3,(H,17,21)(H,18,19,22). The SMILES string of the molecule is Cc1cc(NC(=O)CSCC(=O)NCc2ccccc2NS(C)(=O)=O)no1. The van der Waals surface area contributed by atoms with Crippen LogP contribution in [0.25, 0.3) is 0 Å². The molecule has 1 heterocycles. The number of thioether (sulfide) groups is 1. The topological polar surface area (TPSA) is 130 Å². The van der Waals surface area contributed by atoms with Crippen molar-refractivity contribution in [2.45, 2.75) is 13.5 Å². The average molecular weight is 412 g/mol. The van der Waals surface area contributed by atoms with Gasteiger partial charge in [0.25, 0.3) is 0 Å². The van der Waals surface area contributed by atoms with Crippen LogP contribution in [0.4, 0.5) is 11.5 Å². The van der Waals surface area contributed by atoms with Gasteiger partial charge in [-0.2, -0.15) is 0 Å².